The van der Waals surface area contributed by atoms with E-state index >= 15 is 0 Å². The average molecular weight is 470 g/mol. The molecule has 0 bridgehead atoms. The number of carbonyl (C=O) groups is 1. The molecule has 10 heteroatoms. The van der Waals surface area contributed by atoms with Crippen molar-refractivity contribution in [1.82, 2.24) is 24.3 Å². The van der Waals surface area contributed by atoms with Crippen molar-refractivity contribution in [3.05, 3.63) is 101 Å². The summed E-state index contributed by atoms with van der Waals surface area (Å²) in [5, 5.41) is 7.71. The number of nitrogens with zero attached hydrogens (tertiary/aromatic N) is 5. The van der Waals surface area contributed by atoms with Gasteiger partial charge in [0.15, 0.2) is 5.69 Å². The molecule has 0 aliphatic carbocycles. The molecule has 0 atom stereocenters. The Balaban J connectivity index is 1.36. The summed E-state index contributed by atoms with van der Waals surface area (Å²) in [6.45, 7) is 1.61. The number of hydrogen-bond acceptors (Lipinski definition) is 6. The normalized spacial score (nSPS) is 10.9. The molecular formula is C25H19FN6O3. The van der Waals surface area contributed by atoms with E-state index in [1.807, 2.05) is 23.9 Å². The lowest BCUT2D eigenvalue weighted by molar-refractivity contribution is 0.102. The van der Waals surface area contributed by atoms with Crippen LogP contribution in [0.25, 0.3) is 16.7 Å². The zero-order chi connectivity index (χ0) is 24.5. The second-order valence-corrected chi connectivity index (χ2v) is 7.83. The summed E-state index contributed by atoms with van der Waals surface area (Å²) >= 11 is 0. The van der Waals surface area contributed by atoms with Crippen LogP contribution in [-0.4, -0.2) is 30.2 Å². The SMILES string of the molecule is Cc1cc(=O)n(-c2cccc(F)c2)nc1C(=O)Nc1ccc(Oc2ncnc3c2ccn3C)cc1. The summed E-state index contributed by atoms with van der Waals surface area (Å²) in [4.78, 5) is 33.7. The van der Waals surface area contributed by atoms with Crippen molar-refractivity contribution in [2.45, 2.75) is 6.92 Å². The van der Waals surface area contributed by atoms with Gasteiger partial charge in [0, 0.05) is 25.0 Å². The lowest BCUT2D eigenvalue weighted by atomic mass is 10.2. The van der Waals surface area contributed by atoms with E-state index in [1.54, 1.807) is 31.2 Å². The maximum absolute atomic E-state index is 13.6. The van der Waals surface area contributed by atoms with Crippen LogP contribution < -0.4 is 15.6 Å². The van der Waals surface area contributed by atoms with Crippen molar-refractivity contribution >= 4 is 22.6 Å². The highest BCUT2D eigenvalue weighted by atomic mass is 19.1. The van der Waals surface area contributed by atoms with Gasteiger partial charge in [-0.1, -0.05) is 6.07 Å². The smallest absolute Gasteiger partial charge is 0.276 e. The van der Waals surface area contributed by atoms with Gasteiger partial charge in [-0.3, -0.25) is 9.59 Å². The molecule has 0 radical (unpaired) electrons. The number of anilines is 1. The number of carbonyl (C=O) groups excluding carboxylic acids is 1. The number of halogens is 1. The van der Waals surface area contributed by atoms with E-state index in [9.17, 15) is 14.0 Å². The first-order valence-electron chi connectivity index (χ1n) is 10.6. The van der Waals surface area contributed by atoms with Crippen LogP contribution in [-0.2, 0) is 7.05 Å². The summed E-state index contributed by atoms with van der Waals surface area (Å²) in [6.07, 6.45) is 3.31. The fraction of sp³-hybridized carbons (Fsp3) is 0.0800. The van der Waals surface area contributed by atoms with Crippen molar-refractivity contribution in [3.63, 3.8) is 0 Å². The van der Waals surface area contributed by atoms with E-state index < -0.39 is 17.3 Å². The van der Waals surface area contributed by atoms with Crippen molar-refractivity contribution in [2.24, 2.45) is 7.05 Å². The van der Waals surface area contributed by atoms with Crippen LogP contribution in [0.4, 0.5) is 10.1 Å². The van der Waals surface area contributed by atoms with Gasteiger partial charge >= 0.3 is 0 Å². The molecule has 0 aliphatic heterocycles. The van der Waals surface area contributed by atoms with Gasteiger partial charge in [0.05, 0.1) is 11.1 Å². The van der Waals surface area contributed by atoms with Gasteiger partial charge in [-0.25, -0.2) is 14.4 Å². The van der Waals surface area contributed by atoms with Crippen molar-refractivity contribution in [1.29, 1.82) is 0 Å². The van der Waals surface area contributed by atoms with Crippen molar-refractivity contribution in [2.75, 3.05) is 5.32 Å². The number of aromatic nitrogens is 5. The van der Waals surface area contributed by atoms with Gasteiger partial charge in [-0.15, -0.1) is 0 Å². The standard InChI is InChI=1S/C25H19FN6O3/c1-15-12-21(33)32(18-5-3-4-16(26)13-18)30-22(15)24(34)29-17-6-8-19(9-7-17)35-25-20-10-11-31(2)23(20)27-14-28-25/h3-14H,1-2H3,(H,29,34). The third-order valence-corrected chi connectivity index (χ3v) is 5.34. The topological polar surface area (TPSA) is 104 Å². The first-order chi connectivity index (χ1) is 16.9. The van der Waals surface area contributed by atoms with E-state index in [2.05, 4.69) is 20.4 Å². The van der Waals surface area contributed by atoms with Crippen LogP contribution in [0, 0.1) is 12.7 Å². The lowest BCUT2D eigenvalue weighted by Gasteiger charge is -2.11. The first-order valence-corrected chi connectivity index (χ1v) is 10.6. The highest BCUT2D eigenvalue weighted by Crippen LogP contribution is 2.27. The fourth-order valence-electron chi connectivity index (χ4n) is 3.60. The third kappa shape index (κ3) is 4.36. The van der Waals surface area contributed by atoms with E-state index in [0.717, 1.165) is 15.7 Å². The Hall–Kier alpha value is -4.86. The Kier molecular flexibility index (Phi) is 5.54. The lowest BCUT2D eigenvalue weighted by Crippen LogP contribution is -2.26. The molecule has 0 saturated heterocycles. The van der Waals surface area contributed by atoms with Crippen LogP contribution in [0.3, 0.4) is 0 Å². The number of hydrogen-bond donors (Lipinski definition) is 1. The fourth-order valence-corrected chi connectivity index (χ4v) is 3.60. The van der Waals surface area contributed by atoms with Crippen LogP contribution >= 0.6 is 0 Å². The molecule has 0 fully saturated rings. The number of nitrogens with one attached hydrogen (secondary N) is 1. The Morgan fingerprint density at radius 2 is 1.86 bits per heavy atom. The van der Waals surface area contributed by atoms with Gasteiger partial charge in [-0.2, -0.15) is 9.78 Å². The monoisotopic (exact) mass is 470 g/mol. The molecule has 3 heterocycles. The van der Waals surface area contributed by atoms with Gasteiger partial charge in [0.2, 0.25) is 5.88 Å². The minimum absolute atomic E-state index is 0.0432. The molecule has 35 heavy (non-hydrogen) atoms. The van der Waals surface area contributed by atoms with Crippen molar-refractivity contribution < 1.29 is 13.9 Å². The number of rotatable bonds is 5. The number of amides is 1. The molecule has 1 N–H and O–H groups in total. The van der Waals surface area contributed by atoms with E-state index in [0.29, 0.717) is 22.9 Å². The van der Waals surface area contributed by atoms with Gasteiger partial charge in [0.25, 0.3) is 11.5 Å². The molecule has 9 nitrogen and oxygen atoms in total. The minimum atomic E-state index is -0.514. The van der Waals surface area contributed by atoms with Crippen LogP contribution in [0.1, 0.15) is 16.1 Å². The predicted molar refractivity (Wildman–Crippen MR) is 128 cm³/mol. The summed E-state index contributed by atoms with van der Waals surface area (Å²) in [6, 6.07) is 15.3. The molecule has 0 spiro atoms. The largest absolute Gasteiger partial charge is 0.438 e. The second kappa shape index (κ2) is 8.82. The molecule has 2 aromatic carbocycles. The zero-order valence-corrected chi connectivity index (χ0v) is 18.8. The third-order valence-electron chi connectivity index (χ3n) is 5.34. The molecule has 3 aromatic heterocycles. The van der Waals surface area contributed by atoms with Gasteiger partial charge in [-0.05, 0) is 61.0 Å². The number of benzene rings is 2. The highest BCUT2D eigenvalue weighted by molar-refractivity contribution is 6.03. The Bertz CT molecular complexity index is 1630. The van der Waals surface area contributed by atoms with Crippen LogP contribution in [0.2, 0.25) is 0 Å². The number of ether oxygens (including phenoxy) is 1. The van der Waals surface area contributed by atoms with Gasteiger partial charge < -0.3 is 14.6 Å². The number of fused-ring (bicyclic) bond motifs is 1. The first kappa shape index (κ1) is 22.0. The molecule has 0 saturated carbocycles. The highest BCUT2D eigenvalue weighted by Gasteiger charge is 2.16. The van der Waals surface area contributed by atoms with Crippen LogP contribution in [0.5, 0.6) is 11.6 Å². The molecule has 0 aliphatic rings. The van der Waals surface area contributed by atoms with E-state index in [4.69, 9.17) is 4.74 Å². The van der Waals surface area contributed by atoms with Gasteiger partial charge in [0.1, 0.15) is 23.5 Å². The minimum Gasteiger partial charge on any atom is -0.438 e. The summed E-state index contributed by atoms with van der Waals surface area (Å²) < 4.78 is 22.4. The molecule has 5 aromatic rings. The second-order valence-electron chi connectivity index (χ2n) is 7.83. The Morgan fingerprint density at radius 3 is 2.63 bits per heavy atom. The summed E-state index contributed by atoms with van der Waals surface area (Å²) in [5.41, 5.74) is 1.45. The quantitative estimate of drug-likeness (QED) is 0.416. The van der Waals surface area contributed by atoms with E-state index in [1.165, 1.54) is 36.7 Å². The molecule has 0 unspecified atom stereocenters. The molecule has 174 valence electrons. The van der Waals surface area contributed by atoms with Crippen molar-refractivity contribution in [3.8, 4) is 17.3 Å². The van der Waals surface area contributed by atoms with Crippen LogP contribution in [0.15, 0.2) is 78.0 Å². The number of aryl methyl sites for hydroxylation is 2. The predicted octanol–water partition coefficient (Wildman–Crippen LogP) is 4.01. The Morgan fingerprint density at radius 1 is 1.06 bits per heavy atom. The summed E-state index contributed by atoms with van der Waals surface area (Å²) in [7, 11) is 1.89. The Labute approximate surface area is 198 Å². The molecular weight excluding hydrogens is 451 g/mol. The maximum Gasteiger partial charge on any atom is 0.276 e. The summed E-state index contributed by atoms with van der Waals surface area (Å²) in [5.74, 6) is -0.0733. The maximum atomic E-state index is 13.6. The molecule has 5 rings (SSSR count). The van der Waals surface area contributed by atoms with E-state index in [-0.39, 0.29) is 11.4 Å². The zero-order valence-electron chi connectivity index (χ0n) is 18.8. The molecule has 1 amide bonds. The average Bonchev–Trinajstić information content (AvgIpc) is 3.22.